The molecule has 0 radical (unpaired) electrons. The molecule has 1 aliphatic heterocycles. The van der Waals surface area contributed by atoms with Gasteiger partial charge < -0.3 is 10.1 Å². The fourth-order valence-electron chi connectivity index (χ4n) is 3.15. The molecule has 156 valence electrons. The SMILES string of the molecule is O=C(COc1cccnc1)NCCCCCCN1C(=O)C=C(c2ccccc2)C1=O. The molecule has 0 aliphatic carbocycles. The Hall–Kier alpha value is -3.48. The molecule has 0 unspecified atom stereocenters. The number of unbranched alkanes of at least 4 members (excludes halogenated alkanes) is 3. The first kappa shape index (κ1) is 21.2. The number of carbonyl (C=O) groups is 3. The zero-order chi connectivity index (χ0) is 21.2. The van der Waals surface area contributed by atoms with Crippen molar-refractivity contribution in [2.24, 2.45) is 0 Å². The van der Waals surface area contributed by atoms with Crippen LogP contribution in [0.15, 0.2) is 60.9 Å². The van der Waals surface area contributed by atoms with E-state index in [0.717, 1.165) is 31.2 Å². The van der Waals surface area contributed by atoms with Gasteiger partial charge in [0, 0.05) is 25.4 Å². The lowest BCUT2D eigenvalue weighted by Gasteiger charge is -2.14. The Morgan fingerprint density at radius 1 is 1.00 bits per heavy atom. The third-order valence-corrected chi connectivity index (χ3v) is 4.73. The summed E-state index contributed by atoms with van der Waals surface area (Å²) in [6.07, 6.45) is 7.96. The van der Waals surface area contributed by atoms with Crippen molar-refractivity contribution in [1.29, 1.82) is 0 Å². The Balaban J connectivity index is 1.26. The zero-order valence-corrected chi connectivity index (χ0v) is 16.8. The van der Waals surface area contributed by atoms with E-state index in [-0.39, 0.29) is 24.3 Å². The van der Waals surface area contributed by atoms with Crippen LogP contribution in [0.3, 0.4) is 0 Å². The van der Waals surface area contributed by atoms with Gasteiger partial charge in [0.25, 0.3) is 17.7 Å². The Morgan fingerprint density at radius 2 is 1.80 bits per heavy atom. The van der Waals surface area contributed by atoms with E-state index in [1.54, 1.807) is 24.5 Å². The first-order valence-electron chi connectivity index (χ1n) is 10.1. The summed E-state index contributed by atoms with van der Waals surface area (Å²) >= 11 is 0. The number of aromatic nitrogens is 1. The first-order valence-corrected chi connectivity index (χ1v) is 10.1. The van der Waals surface area contributed by atoms with Gasteiger partial charge in [-0.05, 0) is 30.5 Å². The molecular weight excluding hydrogens is 382 g/mol. The van der Waals surface area contributed by atoms with Crippen LogP contribution in [-0.2, 0) is 14.4 Å². The number of hydrogen-bond donors (Lipinski definition) is 1. The first-order chi connectivity index (χ1) is 14.6. The fraction of sp³-hybridized carbons (Fsp3) is 0.304. The van der Waals surface area contributed by atoms with Gasteiger partial charge in [-0.15, -0.1) is 0 Å². The molecule has 1 aliphatic rings. The lowest BCUT2D eigenvalue weighted by Crippen LogP contribution is -2.32. The quantitative estimate of drug-likeness (QED) is 0.457. The zero-order valence-electron chi connectivity index (χ0n) is 16.8. The van der Waals surface area contributed by atoms with Crippen LogP contribution in [0.4, 0.5) is 0 Å². The Labute approximate surface area is 175 Å². The lowest BCUT2D eigenvalue weighted by atomic mass is 10.1. The number of amides is 3. The minimum atomic E-state index is -0.250. The highest BCUT2D eigenvalue weighted by molar-refractivity contribution is 6.33. The number of nitrogens with one attached hydrogen (secondary N) is 1. The van der Waals surface area contributed by atoms with Crippen LogP contribution in [0.25, 0.3) is 5.57 Å². The molecule has 0 saturated heterocycles. The van der Waals surface area contributed by atoms with E-state index in [0.29, 0.717) is 24.4 Å². The van der Waals surface area contributed by atoms with Crippen molar-refractivity contribution < 1.29 is 19.1 Å². The van der Waals surface area contributed by atoms with Crippen molar-refractivity contribution in [1.82, 2.24) is 15.2 Å². The van der Waals surface area contributed by atoms with E-state index < -0.39 is 0 Å². The molecule has 7 heteroatoms. The predicted molar refractivity (Wildman–Crippen MR) is 112 cm³/mol. The number of pyridine rings is 1. The molecule has 1 aromatic carbocycles. The second kappa shape index (κ2) is 10.9. The number of hydrogen-bond acceptors (Lipinski definition) is 5. The monoisotopic (exact) mass is 407 g/mol. The van der Waals surface area contributed by atoms with Gasteiger partial charge in [0.15, 0.2) is 6.61 Å². The summed E-state index contributed by atoms with van der Waals surface area (Å²) in [7, 11) is 0. The number of imide groups is 1. The molecule has 0 saturated carbocycles. The average molecular weight is 407 g/mol. The molecule has 2 aromatic rings. The van der Waals surface area contributed by atoms with E-state index >= 15 is 0 Å². The number of ether oxygens (including phenoxy) is 1. The van der Waals surface area contributed by atoms with Gasteiger partial charge in [-0.3, -0.25) is 24.3 Å². The molecule has 1 N–H and O–H groups in total. The number of nitrogens with zero attached hydrogens (tertiary/aromatic N) is 2. The third-order valence-electron chi connectivity index (χ3n) is 4.73. The average Bonchev–Trinajstić information content (AvgIpc) is 3.06. The van der Waals surface area contributed by atoms with E-state index in [1.165, 1.54) is 11.0 Å². The minimum absolute atomic E-state index is 0.0401. The molecule has 7 nitrogen and oxygen atoms in total. The largest absolute Gasteiger partial charge is 0.482 e. The van der Waals surface area contributed by atoms with Crippen LogP contribution in [0.5, 0.6) is 5.75 Å². The number of benzene rings is 1. The molecule has 0 fully saturated rings. The van der Waals surface area contributed by atoms with Gasteiger partial charge >= 0.3 is 0 Å². The molecule has 0 bridgehead atoms. The van der Waals surface area contributed by atoms with Gasteiger partial charge in [0.05, 0.1) is 11.8 Å². The molecule has 2 heterocycles. The third kappa shape index (κ3) is 6.01. The van der Waals surface area contributed by atoms with Crippen LogP contribution in [0, 0.1) is 0 Å². The molecule has 30 heavy (non-hydrogen) atoms. The lowest BCUT2D eigenvalue weighted by molar-refractivity contribution is -0.136. The molecule has 1 aromatic heterocycles. The summed E-state index contributed by atoms with van der Waals surface area (Å²) in [6.45, 7) is 0.938. The maximum Gasteiger partial charge on any atom is 0.261 e. The highest BCUT2D eigenvalue weighted by atomic mass is 16.5. The molecular formula is C23H25N3O4. The summed E-state index contributed by atoms with van der Waals surface area (Å²) in [6, 6.07) is 12.7. The van der Waals surface area contributed by atoms with Crippen molar-refractivity contribution in [2.45, 2.75) is 25.7 Å². The van der Waals surface area contributed by atoms with Gasteiger partial charge in [-0.1, -0.05) is 43.2 Å². The topological polar surface area (TPSA) is 88.6 Å². The predicted octanol–water partition coefficient (Wildman–Crippen LogP) is 2.59. The van der Waals surface area contributed by atoms with Crippen molar-refractivity contribution in [3.05, 3.63) is 66.5 Å². The molecule has 3 amide bonds. The van der Waals surface area contributed by atoms with Crippen LogP contribution < -0.4 is 10.1 Å². The van der Waals surface area contributed by atoms with E-state index in [2.05, 4.69) is 10.3 Å². The number of carbonyl (C=O) groups excluding carboxylic acids is 3. The van der Waals surface area contributed by atoms with Crippen LogP contribution in [0.1, 0.15) is 31.2 Å². The highest BCUT2D eigenvalue weighted by Gasteiger charge is 2.30. The van der Waals surface area contributed by atoms with Crippen LogP contribution >= 0.6 is 0 Å². The fourth-order valence-corrected chi connectivity index (χ4v) is 3.15. The standard InChI is InChI=1S/C23H25N3O4/c27-21(17-30-19-11-8-12-24-16-19)25-13-6-1-2-7-14-26-22(28)15-20(23(26)29)18-9-4-3-5-10-18/h3-5,8-12,15-16H,1-2,6-7,13-14,17H2,(H,25,27). The second-order valence-electron chi connectivity index (χ2n) is 6.96. The van der Waals surface area contributed by atoms with Crippen molar-refractivity contribution in [3.8, 4) is 5.75 Å². The normalized spacial score (nSPS) is 13.3. The minimum Gasteiger partial charge on any atom is -0.482 e. The van der Waals surface area contributed by atoms with E-state index in [4.69, 9.17) is 4.74 Å². The summed E-state index contributed by atoms with van der Waals surface area (Å²) in [5.74, 6) is -0.0954. The Morgan fingerprint density at radius 3 is 2.57 bits per heavy atom. The van der Waals surface area contributed by atoms with Gasteiger partial charge in [0.1, 0.15) is 5.75 Å². The Bertz CT molecular complexity index is 897. The van der Waals surface area contributed by atoms with E-state index in [9.17, 15) is 14.4 Å². The van der Waals surface area contributed by atoms with Crippen molar-refractivity contribution >= 4 is 23.3 Å². The van der Waals surface area contributed by atoms with E-state index in [1.807, 2.05) is 30.3 Å². The molecule has 0 atom stereocenters. The Kier molecular flexibility index (Phi) is 7.71. The smallest absolute Gasteiger partial charge is 0.261 e. The van der Waals surface area contributed by atoms with Crippen LogP contribution in [-0.4, -0.2) is 47.3 Å². The number of rotatable bonds is 11. The maximum absolute atomic E-state index is 12.5. The highest BCUT2D eigenvalue weighted by Crippen LogP contribution is 2.23. The summed E-state index contributed by atoms with van der Waals surface area (Å²) < 4.78 is 5.33. The maximum atomic E-state index is 12.5. The molecule has 3 rings (SSSR count). The van der Waals surface area contributed by atoms with Crippen molar-refractivity contribution in [3.63, 3.8) is 0 Å². The van der Waals surface area contributed by atoms with Crippen molar-refractivity contribution in [2.75, 3.05) is 19.7 Å². The summed E-state index contributed by atoms with van der Waals surface area (Å²) in [4.78, 5) is 41.6. The summed E-state index contributed by atoms with van der Waals surface area (Å²) in [5, 5.41) is 2.81. The molecule has 0 spiro atoms. The van der Waals surface area contributed by atoms with Gasteiger partial charge in [-0.25, -0.2) is 0 Å². The summed E-state index contributed by atoms with van der Waals surface area (Å²) in [5.41, 5.74) is 1.22. The van der Waals surface area contributed by atoms with Gasteiger partial charge in [-0.2, -0.15) is 0 Å². The second-order valence-corrected chi connectivity index (χ2v) is 6.96. The van der Waals surface area contributed by atoms with Crippen LogP contribution in [0.2, 0.25) is 0 Å². The van der Waals surface area contributed by atoms with Gasteiger partial charge in [0.2, 0.25) is 0 Å².